The number of aryl methyl sites for hydroxylation is 1. The summed E-state index contributed by atoms with van der Waals surface area (Å²) in [6.07, 6.45) is 5.06. The lowest BCUT2D eigenvalue weighted by Gasteiger charge is -2.11. The SMILES string of the molecule is CN[C@@H](CO)CCc1c[nH]c2c(N)ncnc12. The maximum atomic E-state index is 9.10. The van der Waals surface area contributed by atoms with Gasteiger partial charge in [0, 0.05) is 12.2 Å². The lowest BCUT2D eigenvalue weighted by atomic mass is 10.1. The molecule has 6 heteroatoms. The molecule has 2 aromatic heterocycles. The molecule has 6 nitrogen and oxygen atoms in total. The second-order valence-electron chi connectivity index (χ2n) is 4.00. The van der Waals surface area contributed by atoms with Crippen LogP contribution in [-0.2, 0) is 6.42 Å². The minimum atomic E-state index is 0.110. The molecule has 17 heavy (non-hydrogen) atoms. The molecule has 2 heterocycles. The summed E-state index contributed by atoms with van der Waals surface area (Å²) in [5, 5.41) is 12.2. The molecule has 0 aliphatic heterocycles. The molecule has 0 radical (unpaired) electrons. The fourth-order valence-electron chi connectivity index (χ4n) is 1.86. The minimum absolute atomic E-state index is 0.110. The summed E-state index contributed by atoms with van der Waals surface area (Å²) in [4.78, 5) is 11.2. The molecule has 0 saturated heterocycles. The first kappa shape index (κ1) is 11.8. The number of aliphatic hydroxyl groups excluding tert-OH is 1. The lowest BCUT2D eigenvalue weighted by Crippen LogP contribution is -2.29. The smallest absolute Gasteiger partial charge is 0.151 e. The zero-order valence-corrected chi connectivity index (χ0v) is 9.77. The normalized spacial score (nSPS) is 13.1. The number of aliphatic hydroxyl groups is 1. The van der Waals surface area contributed by atoms with Crippen molar-refractivity contribution in [2.75, 3.05) is 19.4 Å². The van der Waals surface area contributed by atoms with Gasteiger partial charge < -0.3 is 21.1 Å². The van der Waals surface area contributed by atoms with Gasteiger partial charge in [-0.25, -0.2) is 9.97 Å². The van der Waals surface area contributed by atoms with E-state index in [0.29, 0.717) is 5.82 Å². The fourth-order valence-corrected chi connectivity index (χ4v) is 1.86. The second kappa shape index (κ2) is 5.11. The van der Waals surface area contributed by atoms with Gasteiger partial charge in [0.2, 0.25) is 0 Å². The number of nitrogens with zero attached hydrogens (tertiary/aromatic N) is 2. The molecular formula is C11H17N5O. The molecule has 1 atom stereocenters. The maximum absolute atomic E-state index is 9.10. The number of anilines is 1. The van der Waals surface area contributed by atoms with Crippen molar-refractivity contribution >= 4 is 16.9 Å². The third kappa shape index (κ3) is 2.37. The van der Waals surface area contributed by atoms with Crippen molar-refractivity contribution < 1.29 is 5.11 Å². The standard InChI is InChI=1S/C11H17N5O/c1-13-8(5-17)3-2-7-4-14-10-9(7)15-6-16-11(10)12/h4,6,8,13-14,17H,2-3,5H2,1H3,(H2,12,15,16)/t8-/m1/s1. The first-order valence-electron chi connectivity index (χ1n) is 5.60. The van der Waals surface area contributed by atoms with Crippen molar-refractivity contribution in [1.29, 1.82) is 0 Å². The minimum Gasteiger partial charge on any atom is -0.395 e. The third-order valence-corrected chi connectivity index (χ3v) is 2.96. The molecule has 5 N–H and O–H groups in total. The van der Waals surface area contributed by atoms with Crippen LogP contribution in [0.4, 0.5) is 5.82 Å². The molecular weight excluding hydrogens is 218 g/mol. The highest BCUT2D eigenvalue weighted by molar-refractivity contribution is 5.86. The molecule has 0 amide bonds. The molecule has 0 aromatic carbocycles. The number of hydrogen-bond acceptors (Lipinski definition) is 5. The summed E-state index contributed by atoms with van der Waals surface area (Å²) in [6, 6.07) is 0.110. The van der Waals surface area contributed by atoms with E-state index in [9.17, 15) is 0 Å². The Morgan fingerprint density at radius 3 is 3.06 bits per heavy atom. The Balaban J connectivity index is 2.17. The van der Waals surface area contributed by atoms with Crippen LogP contribution < -0.4 is 11.1 Å². The van der Waals surface area contributed by atoms with Crippen LogP contribution in [0.15, 0.2) is 12.5 Å². The predicted molar refractivity (Wildman–Crippen MR) is 66.6 cm³/mol. The van der Waals surface area contributed by atoms with E-state index in [1.165, 1.54) is 6.33 Å². The zero-order chi connectivity index (χ0) is 12.3. The number of H-pyrrole nitrogens is 1. The van der Waals surface area contributed by atoms with Gasteiger partial charge in [-0.05, 0) is 25.5 Å². The van der Waals surface area contributed by atoms with E-state index in [1.807, 2.05) is 13.2 Å². The number of rotatable bonds is 5. The fraction of sp³-hybridized carbons (Fsp3) is 0.455. The molecule has 92 valence electrons. The summed E-state index contributed by atoms with van der Waals surface area (Å²) < 4.78 is 0. The quantitative estimate of drug-likeness (QED) is 0.587. The Kier molecular flexibility index (Phi) is 3.55. The van der Waals surface area contributed by atoms with Crippen LogP contribution >= 0.6 is 0 Å². The van der Waals surface area contributed by atoms with Crippen LogP contribution in [0.5, 0.6) is 0 Å². The number of nitrogens with one attached hydrogen (secondary N) is 2. The molecule has 0 unspecified atom stereocenters. The van der Waals surface area contributed by atoms with Gasteiger partial charge in [0.1, 0.15) is 11.8 Å². The van der Waals surface area contributed by atoms with Gasteiger partial charge in [0.25, 0.3) is 0 Å². The van der Waals surface area contributed by atoms with Crippen LogP contribution in [0, 0.1) is 0 Å². The highest BCUT2D eigenvalue weighted by atomic mass is 16.3. The Morgan fingerprint density at radius 1 is 1.53 bits per heavy atom. The first-order valence-corrected chi connectivity index (χ1v) is 5.60. The molecule has 0 fully saturated rings. The van der Waals surface area contributed by atoms with Gasteiger partial charge >= 0.3 is 0 Å². The molecule has 2 rings (SSSR count). The molecule has 2 aromatic rings. The number of hydrogen-bond donors (Lipinski definition) is 4. The van der Waals surface area contributed by atoms with Gasteiger partial charge in [-0.2, -0.15) is 0 Å². The van der Waals surface area contributed by atoms with Crippen molar-refractivity contribution in [2.24, 2.45) is 0 Å². The summed E-state index contributed by atoms with van der Waals surface area (Å²) in [6.45, 7) is 0.135. The topological polar surface area (TPSA) is 99.8 Å². The van der Waals surface area contributed by atoms with Crippen molar-refractivity contribution in [2.45, 2.75) is 18.9 Å². The van der Waals surface area contributed by atoms with Crippen LogP contribution in [0.3, 0.4) is 0 Å². The van der Waals surface area contributed by atoms with Crippen LogP contribution in [0.25, 0.3) is 11.0 Å². The van der Waals surface area contributed by atoms with Gasteiger partial charge in [0.15, 0.2) is 5.82 Å². The van der Waals surface area contributed by atoms with Crippen molar-refractivity contribution in [3.63, 3.8) is 0 Å². The number of aromatic nitrogens is 3. The monoisotopic (exact) mass is 235 g/mol. The van der Waals surface area contributed by atoms with Crippen molar-refractivity contribution in [3.8, 4) is 0 Å². The third-order valence-electron chi connectivity index (χ3n) is 2.96. The maximum Gasteiger partial charge on any atom is 0.151 e. The number of fused-ring (bicyclic) bond motifs is 1. The van der Waals surface area contributed by atoms with E-state index < -0.39 is 0 Å². The van der Waals surface area contributed by atoms with E-state index in [2.05, 4.69) is 20.3 Å². The molecule has 0 spiro atoms. The van der Waals surface area contributed by atoms with Crippen LogP contribution in [-0.4, -0.2) is 39.8 Å². The predicted octanol–water partition coefficient (Wildman–Crippen LogP) is 0.0530. The highest BCUT2D eigenvalue weighted by Gasteiger charge is 2.10. The summed E-state index contributed by atoms with van der Waals surface area (Å²) in [5.41, 5.74) is 8.49. The number of nitrogen functional groups attached to an aromatic ring is 1. The van der Waals surface area contributed by atoms with E-state index in [4.69, 9.17) is 10.8 Å². The van der Waals surface area contributed by atoms with Gasteiger partial charge in [-0.15, -0.1) is 0 Å². The average Bonchev–Trinajstić information content (AvgIpc) is 2.75. The van der Waals surface area contributed by atoms with Gasteiger partial charge in [-0.3, -0.25) is 0 Å². The lowest BCUT2D eigenvalue weighted by molar-refractivity contribution is 0.242. The van der Waals surface area contributed by atoms with Crippen molar-refractivity contribution in [3.05, 3.63) is 18.1 Å². The van der Waals surface area contributed by atoms with Crippen LogP contribution in [0.2, 0.25) is 0 Å². The largest absolute Gasteiger partial charge is 0.395 e. The van der Waals surface area contributed by atoms with Crippen LogP contribution in [0.1, 0.15) is 12.0 Å². The molecule has 0 bridgehead atoms. The van der Waals surface area contributed by atoms with E-state index in [1.54, 1.807) is 0 Å². The highest BCUT2D eigenvalue weighted by Crippen LogP contribution is 2.20. The molecule has 0 saturated carbocycles. The number of aromatic amines is 1. The van der Waals surface area contributed by atoms with Crippen molar-refractivity contribution in [1.82, 2.24) is 20.3 Å². The summed E-state index contributed by atoms with van der Waals surface area (Å²) in [5.74, 6) is 0.466. The zero-order valence-electron chi connectivity index (χ0n) is 9.77. The van der Waals surface area contributed by atoms with Gasteiger partial charge in [0.05, 0.1) is 12.1 Å². The Bertz CT molecular complexity index is 492. The first-order chi connectivity index (χ1) is 8.26. The summed E-state index contributed by atoms with van der Waals surface area (Å²) in [7, 11) is 1.84. The Labute approximate surface area is 99.3 Å². The van der Waals surface area contributed by atoms with Gasteiger partial charge in [-0.1, -0.05) is 0 Å². The Hall–Kier alpha value is -1.66. The van der Waals surface area contributed by atoms with E-state index >= 15 is 0 Å². The molecule has 0 aliphatic carbocycles. The summed E-state index contributed by atoms with van der Waals surface area (Å²) >= 11 is 0. The molecule has 0 aliphatic rings. The van der Waals surface area contributed by atoms with E-state index in [0.717, 1.165) is 29.4 Å². The Morgan fingerprint density at radius 2 is 2.35 bits per heavy atom. The van der Waals surface area contributed by atoms with E-state index in [-0.39, 0.29) is 12.6 Å². The average molecular weight is 235 g/mol. The second-order valence-corrected chi connectivity index (χ2v) is 4.00. The number of nitrogens with two attached hydrogens (primary N) is 1. The number of likely N-dealkylation sites (N-methyl/N-ethyl adjacent to an activating group) is 1.